The summed E-state index contributed by atoms with van der Waals surface area (Å²) in [6.45, 7) is -4.64. The fourth-order valence-corrected chi connectivity index (χ4v) is 16.2. The number of hydrogen-bond donors (Lipinski definition) is 0. The average Bonchev–Trinajstić information content (AvgIpc) is 1.58. The first-order chi connectivity index (χ1) is 66.3. The van der Waals surface area contributed by atoms with E-state index in [2.05, 4.69) is 85.2 Å². The van der Waals surface area contributed by atoms with Gasteiger partial charge in [0.25, 0.3) is 0 Å². The normalized spacial score (nSPS) is 16.1. The van der Waals surface area contributed by atoms with E-state index in [0.717, 1.165) is 116 Å². The molecule has 582 valence electrons. The molecule has 0 aliphatic carbocycles. The molecule has 1 unspecified atom stereocenters. The molecule has 11 aromatic heterocycles. The molecule has 11 heteroatoms. The number of fused-ring (bicyclic) bond motifs is 15. The van der Waals surface area contributed by atoms with Crippen LogP contribution in [0.1, 0.15) is 137 Å². The molecule has 0 fully saturated rings. The second-order valence-corrected chi connectivity index (χ2v) is 30.1. The van der Waals surface area contributed by atoms with Crippen LogP contribution in [0.5, 0.6) is 0 Å². The lowest BCUT2D eigenvalue weighted by Crippen LogP contribution is -2.32. The molecule has 0 spiro atoms. The third-order valence-electron chi connectivity index (χ3n) is 22.0. The van der Waals surface area contributed by atoms with Gasteiger partial charge in [-0.25, -0.2) is 27.8 Å². The number of para-hydroxylation sites is 4. The van der Waals surface area contributed by atoms with E-state index in [1.165, 1.54) is 24.8 Å². The molecule has 0 aliphatic rings. The van der Waals surface area contributed by atoms with E-state index < -0.39 is 60.7 Å². The van der Waals surface area contributed by atoms with Crippen LogP contribution >= 0.6 is 0 Å². The summed E-state index contributed by atoms with van der Waals surface area (Å²) in [5.74, 6) is -2.22. The zero-order chi connectivity index (χ0) is 103. The molecule has 9 aromatic carbocycles. The van der Waals surface area contributed by atoms with Gasteiger partial charge in [-0.3, -0.25) is 0 Å². The molecular weight excluding hydrogens is 1440 g/mol. The van der Waals surface area contributed by atoms with Crippen molar-refractivity contribution in [2.75, 3.05) is 0 Å². The smallest absolute Gasteiger partial charge is 0.227 e. The fraction of sp³-hybridized carbons (Fsp3) is 0.208. The van der Waals surface area contributed by atoms with Crippen molar-refractivity contribution >= 4 is 110 Å². The van der Waals surface area contributed by atoms with Crippen molar-refractivity contribution < 1.29 is 79.2 Å². The number of nitrogens with zero attached hydrogens (tertiary/aromatic N) is 6. The van der Waals surface area contributed by atoms with Gasteiger partial charge in [0.1, 0.15) is 79.9 Å². The molecule has 117 heavy (non-hydrogen) atoms. The van der Waals surface area contributed by atoms with Gasteiger partial charge in [-0.1, -0.05) is 129 Å². The Morgan fingerprint density at radius 3 is 1.17 bits per heavy atom. The van der Waals surface area contributed by atoms with Crippen LogP contribution in [-0.2, 0) is 35.2 Å². The summed E-state index contributed by atoms with van der Waals surface area (Å²) < 4.78 is 238. The molecule has 0 amide bonds. The zero-order valence-electron chi connectivity index (χ0n) is 92.2. The fourth-order valence-electron chi connectivity index (χ4n) is 16.2. The lowest BCUT2D eigenvalue weighted by atomic mass is 9.93. The number of pyridine rings is 6. The number of aryl methyl sites for hydroxylation is 19. The number of furan rings is 5. The minimum atomic E-state index is -2.81. The molecule has 20 rings (SSSR count). The Balaban J connectivity index is 0.000000129. The van der Waals surface area contributed by atoms with Crippen molar-refractivity contribution in [2.45, 2.75) is 116 Å². The second-order valence-electron chi connectivity index (χ2n) is 30.1. The highest BCUT2D eigenvalue weighted by Crippen LogP contribution is 2.45. The summed E-state index contributed by atoms with van der Waals surface area (Å²) in [5, 5.41) is 8.00. The van der Waals surface area contributed by atoms with Gasteiger partial charge in [0.15, 0.2) is 36.6 Å². The van der Waals surface area contributed by atoms with Crippen molar-refractivity contribution in [3.05, 3.63) is 321 Å². The molecule has 0 bridgehead atoms. The summed E-state index contributed by atoms with van der Waals surface area (Å²) in [6, 6.07) is 61.9. The largest absolute Gasteiger partial charge is 0.455 e. The summed E-state index contributed by atoms with van der Waals surface area (Å²) in [7, 11) is 9.11. The van der Waals surface area contributed by atoms with Crippen LogP contribution in [0.2, 0.25) is 0 Å². The molecular formula is C106H103N6O5+5. The second kappa shape index (κ2) is 31.2. The predicted molar refractivity (Wildman–Crippen MR) is 480 cm³/mol. The van der Waals surface area contributed by atoms with Crippen LogP contribution in [0.25, 0.3) is 166 Å². The third kappa shape index (κ3) is 14.2. The summed E-state index contributed by atoms with van der Waals surface area (Å²) in [5.41, 5.74) is 21.3. The average molecular weight is 1570 g/mol. The number of benzene rings is 9. The highest BCUT2D eigenvalue weighted by molar-refractivity contribution is 6.15. The Hall–Kier alpha value is -13.1. The van der Waals surface area contributed by atoms with Gasteiger partial charge >= 0.3 is 0 Å². The van der Waals surface area contributed by atoms with Crippen molar-refractivity contribution in [1.29, 1.82) is 0 Å². The molecule has 11 nitrogen and oxygen atoms in total. The van der Waals surface area contributed by atoms with Crippen molar-refractivity contribution in [1.82, 2.24) is 4.98 Å². The first-order valence-electron chi connectivity index (χ1n) is 50.8. The summed E-state index contributed by atoms with van der Waals surface area (Å²) >= 11 is 0. The van der Waals surface area contributed by atoms with Crippen LogP contribution in [-0.4, -0.2) is 4.98 Å². The molecule has 1 atom stereocenters. The Kier molecular flexibility index (Phi) is 14.2. The predicted octanol–water partition coefficient (Wildman–Crippen LogP) is 25.2. The van der Waals surface area contributed by atoms with Crippen molar-refractivity contribution in [2.24, 2.45) is 35.2 Å². The number of aromatic nitrogens is 6. The molecule has 20 aromatic rings. The highest BCUT2D eigenvalue weighted by atomic mass is 16.3. The van der Waals surface area contributed by atoms with Crippen molar-refractivity contribution in [3.63, 3.8) is 0 Å². The van der Waals surface area contributed by atoms with E-state index in [-0.39, 0.29) is 38.9 Å². The molecule has 0 aliphatic heterocycles. The van der Waals surface area contributed by atoms with Crippen molar-refractivity contribution in [3.8, 4) is 56.3 Å². The maximum absolute atomic E-state index is 8.67. The molecule has 0 N–H and O–H groups in total. The van der Waals surface area contributed by atoms with Gasteiger partial charge < -0.3 is 22.1 Å². The van der Waals surface area contributed by atoms with Crippen LogP contribution in [0, 0.1) is 96.4 Å². The molecule has 0 saturated carbocycles. The van der Waals surface area contributed by atoms with E-state index in [0.29, 0.717) is 88.7 Å². The van der Waals surface area contributed by atoms with Crippen LogP contribution in [0.4, 0.5) is 0 Å². The lowest BCUT2D eigenvalue weighted by molar-refractivity contribution is -0.660. The Bertz CT molecular complexity index is 8420. The van der Waals surface area contributed by atoms with Gasteiger partial charge in [0.2, 0.25) is 34.2 Å². The Morgan fingerprint density at radius 1 is 0.299 bits per heavy atom. The lowest BCUT2D eigenvalue weighted by Gasteiger charge is -2.13. The van der Waals surface area contributed by atoms with Crippen LogP contribution in [0.15, 0.2) is 259 Å². The highest BCUT2D eigenvalue weighted by Gasteiger charge is 2.29. The van der Waals surface area contributed by atoms with E-state index in [1.54, 1.807) is 128 Å². The molecule has 11 heterocycles. The van der Waals surface area contributed by atoms with Crippen LogP contribution < -0.4 is 22.8 Å². The summed E-state index contributed by atoms with van der Waals surface area (Å²) in [6.07, 6.45) is 10.0. The van der Waals surface area contributed by atoms with Gasteiger partial charge in [0, 0.05) is 153 Å². The Labute approximate surface area is 719 Å². The first kappa shape index (κ1) is 53.1. The number of hydrogen-bond acceptors (Lipinski definition) is 6. The summed E-state index contributed by atoms with van der Waals surface area (Å²) in [4.78, 5) is 4.33. The van der Waals surface area contributed by atoms with Gasteiger partial charge in [-0.05, 0) is 212 Å². The molecule has 0 radical (unpaired) electrons. The van der Waals surface area contributed by atoms with E-state index in [9.17, 15) is 0 Å². The van der Waals surface area contributed by atoms with E-state index in [1.807, 2.05) is 123 Å². The minimum Gasteiger partial charge on any atom is -0.455 e. The maximum atomic E-state index is 8.67. The van der Waals surface area contributed by atoms with Gasteiger partial charge in [-0.2, -0.15) is 0 Å². The maximum Gasteiger partial charge on any atom is 0.227 e. The molecule has 0 saturated heterocycles. The minimum absolute atomic E-state index is 0.124. The standard InChI is InChI=1S/C24H26NO.C22H22NO.2C21H20NO.C18H15N2O/c1-14(2)19-12-20(25(6)13-17(19)5)23-16(4)11-15(3)22-18-9-7-8-10-21(18)26-24(22)23;1-13-11-18(23(5)12-16(13)4)21-15(3)10-14(2)20-17-8-6-7-9-19(17)24-22(20)21;1-13-9-10-17-16-7-5-6-8-19(16)23-21(17)20(13)18-11-14(2)15(3)12-22(18)4;1-13-9-10-17(22(4)12-13)20-15(3)11-14(2)19-16-7-5-6-8-18(16)23-21(19)20;1-12-8-9-13-14-6-5-10-19-18(14)21-17(13)16(12)15-7-3-4-11-20(15)2/h7-14H,1-6H3;6-12H,1-5H3;2*5-12H,1-4H3;3-11H,1-2H3/q5*+1/i1D3,3D3,5D3,14D;2D3,4D3;3D3;1D3,2D3;. The van der Waals surface area contributed by atoms with E-state index in [4.69, 9.17) is 56.4 Å². The Morgan fingerprint density at radius 2 is 0.692 bits per heavy atom. The van der Waals surface area contributed by atoms with Gasteiger partial charge in [-0.15, -0.1) is 0 Å². The van der Waals surface area contributed by atoms with Crippen LogP contribution in [0.3, 0.4) is 0 Å². The number of rotatable bonds is 6. The zero-order valence-corrected chi connectivity index (χ0v) is 67.2. The van der Waals surface area contributed by atoms with Gasteiger partial charge in [0.05, 0.1) is 27.8 Å². The first-order valence-corrected chi connectivity index (χ1v) is 38.3. The quantitative estimate of drug-likeness (QED) is 0.154. The third-order valence-corrected chi connectivity index (χ3v) is 22.0. The monoisotopic (exact) mass is 1560 g/mol. The topological polar surface area (TPSA) is 98.0 Å². The SMILES string of the molecule is Cc1ccc2c(oc3ncccc32)c1-c1cccc[n+]1C.[2H]C([2H])([2H])c1c[n+](C)c(-c2c(C)cc(C([2H])([2H])[2H])c3c2oc2ccccc23)cc1C.[2H]C([2H])([2H])c1c[n+](C)c(-c2c(C)cc(C([2H])([2H])[2H])c3c2oc2ccccc23)cc1C([2H])(C)C([2H])([2H])[2H].[2H]C([2H])([2H])c1c[n+](C)c(-c2c(C)ccc3c2oc2ccccc23)cc1C.[2H]C([2H])([2H])c1ccc(-c2c(C)cc(C([2H])([2H])[2H])c3c2oc2ccccc23)[n+](C)c1. The van der Waals surface area contributed by atoms with E-state index >= 15 is 0 Å².